The largest absolute Gasteiger partial charge is 0.409 e. The molecule has 2 rings (SSSR count). The zero-order chi connectivity index (χ0) is 14.5. The Morgan fingerprint density at radius 1 is 1.45 bits per heavy atom. The number of likely N-dealkylation sites (N-methyl/N-ethyl adjacent to an activating group) is 1. The van der Waals surface area contributed by atoms with E-state index in [0.29, 0.717) is 10.6 Å². The minimum absolute atomic E-state index is 0.0792. The molecule has 0 aromatic heterocycles. The van der Waals surface area contributed by atoms with Crippen molar-refractivity contribution in [2.24, 2.45) is 10.9 Å². The van der Waals surface area contributed by atoms with Crippen molar-refractivity contribution in [1.29, 1.82) is 0 Å². The highest BCUT2D eigenvalue weighted by Crippen LogP contribution is 2.23. The average Bonchev–Trinajstić information content (AvgIpc) is 2.97. The maximum atomic E-state index is 8.88. The number of rotatable bonds is 5. The summed E-state index contributed by atoms with van der Waals surface area (Å²) >= 11 is 5.98. The van der Waals surface area contributed by atoms with Crippen LogP contribution in [-0.4, -0.2) is 49.2 Å². The Labute approximate surface area is 124 Å². The third-order valence-electron chi connectivity index (χ3n) is 3.70. The number of nitrogens with zero attached hydrogens (tertiary/aromatic N) is 3. The van der Waals surface area contributed by atoms with Crippen molar-refractivity contribution < 1.29 is 5.21 Å². The molecule has 1 aliphatic rings. The highest BCUT2D eigenvalue weighted by Gasteiger charge is 2.15. The number of hydrogen-bond acceptors (Lipinski definition) is 4. The van der Waals surface area contributed by atoms with Gasteiger partial charge in [-0.25, -0.2) is 0 Å². The number of nitrogens with two attached hydrogens (primary N) is 1. The van der Waals surface area contributed by atoms with Gasteiger partial charge in [-0.3, -0.25) is 0 Å². The predicted molar refractivity (Wildman–Crippen MR) is 82.9 cm³/mol. The van der Waals surface area contributed by atoms with E-state index in [1.807, 2.05) is 19.2 Å². The molecule has 3 N–H and O–H groups in total. The van der Waals surface area contributed by atoms with Gasteiger partial charge in [0.25, 0.3) is 0 Å². The fourth-order valence-electron chi connectivity index (χ4n) is 2.52. The molecule has 0 atom stereocenters. The number of hydrogen-bond donors (Lipinski definition) is 2. The first-order valence-electron chi connectivity index (χ1n) is 6.83. The van der Waals surface area contributed by atoms with E-state index < -0.39 is 0 Å². The average molecular weight is 297 g/mol. The van der Waals surface area contributed by atoms with Gasteiger partial charge in [-0.1, -0.05) is 16.8 Å². The van der Waals surface area contributed by atoms with E-state index in [1.165, 1.54) is 25.9 Å². The summed E-state index contributed by atoms with van der Waals surface area (Å²) < 4.78 is 0. The number of benzene rings is 1. The number of amidine groups is 1. The number of halogens is 1. The van der Waals surface area contributed by atoms with Crippen molar-refractivity contribution in [3.63, 3.8) is 0 Å². The summed E-state index contributed by atoms with van der Waals surface area (Å²) in [5.74, 6) is 0.0792. The fourth-order valence-corrected chi connectivity index (χ4v) is 2.69. The van der Waals surface area contributed by atoms with Crippen LogP contribution in [0.5, 0.6) is 0 Å². The molecule has 20 heavy (non-hydrogen) atoms. The summed E-state index contributed by atoms with van der Waals surface area (Å²) in [6, 6.07) is 5.44. The van der Waals surface area contributed by atoms with Crippen molar-refractivity contribution in [2.45, 2.75) is 12.8 Å². The quantitative estimate of drug-likeness (QED) is 0.377. The first kappa shape index (κ1) is 14.9. The summed E-state index contributed by atoms with van der Waals surface area (Å²) in [5, 5.41) is 12.5. The minimum atomic E-state index is 0.0792. The lowest BCUT2D eigenvalue weighted by Crippen LogP contribution is -2.32. The van der Waals surface area contributed by atoms with Crippen LogP contribution < -0.4 is 10.6 Å². The molecule has 1 aromatic carbocycles. The van der Waals surface area contributed by atoms with E-state index in [2.05, 4.69) is 15.0 Å². The first-order chi connectivity index (χ1) is 9.61. The van der Waals surface area contributed by atoms with Crippen LogP contribution in [0.25, 0.3) is 0 Å². The lowest BCUT2D eigenvalue weighted by Gasteiger charge is -2.25. The lowest BCUT2D eigenvalue weighted by molar-refractivity contribution is 0.318. The van der Waals surface area contributed by atoms with Crippen LogP contribution in [0.15, 0.2) is 23.4 Å². The Morgan fingerprint density at radius 3 is 2.80 bits per heavy atom. The van der Waals surface area contributed by atoms with Gasteiger partial charge in [0.2, 0.25) is 0 Å². The maximum absolute atomic E-state index is 8.88. The molecule has 0 spiro atoms. The Balaban J connectivity index is 2.09. The molecule has 1 heterocycles. The standard InChI is InChI=1S/C14H21ClN4O/c1-18(8-9-19-6-2-3-7-19)13-5-4-11(15)10-12(13)14(16)17-20/h4-5,10,20H,2-3,6-9H2,1H3,(H2,16,17). The summed E-state index contributed by atoms with van der Waals surface area (Å²) in [5.41, 5.74) is 7.30. The minimum Gasteiger partial charge on any atom is -0.409 e. The molecule has 0 unspecified atom stereocenters. The molecule has 0 bridgehead atoms. The predicted octanol–water partition coefficient (Wildman–Crippen LogP) is 1.97. The van der Waals surface area contributed by atoms with Gasteiger partial charge in [0.15, 0.2) is 5.84 Å². The Morgan fingerprint density at radius 2 is 2.15 bits per heavy atom. The van der Waals surface area contributed by atoms with Crippen molar-refractivity contribution in [3.8, 4) is 0 Å². The van der Waals surface area contributed by atoms with Crippen molar-refractivity contribution >= 4 is 23.1 Å². The zero-order valence-electron chi connectivity index (χ0n) is 11.7. The third-order valence-corrected chi connectivity index (χ3v) is 3.94. The van der Waals surface area contributed by atoms with Gasteiger partial charge in [0.1, 0.15) is 0 Å². The second kappa shape index (κ2) is 6.81. The molecule has 1 aromatic rings. The van der Waals surface area contributed by atoms with E-state index in [4.69, 9.17) is 22.5 Å². The van der Waals surface area contributed by atoms with Crippen LogP contribution in [-0.2, 0) is 0 Å². The van der Waals surface area contributed by atoms with Gasteiger partial charge in [-0.2, -0.15) is 0 Å². The van der Waals surface area contributed by atoms with Gasteiger partial charge in [-0.15, -0.1) is 0 Å². The Bertz CT molecular complexity index is 486. The molecule has 6 heteroatoms. The van der Waals surface area contributed by atoms with Crippen LogP contribution in [0.3, 0.4) is 0 Å². The Hall–Kier alpha value is -1.46. The van der Waals surface area contributed by atoms with Gasteiger partial charge in [0.05, 0.1) is 0 Å². The highest BCUT2D eigenvalue weighted by molar-refractivity contribution is 6.31. The Kier molecular flexibility index (Phi) is 5.09. The van der Waals surface area contributed by atoms with E-state index in [1.54, 1.807) is 6.07 Å². The van der Waals surface area contributed by atoms with Crippen LogP contribution in [0.1, 0.15) is 18.4 Å². The van der Waals surface area contributed by atoms with Gasteiger partial charge in [0, 0.05) is 36.4 Å². The van der Waals surface area contributed by atoms with Crippen LogP contribution in [0.2, 0.25) is 5.02 Å². The smallest absolute Gasteiger partial charge is 0.172 e. The topological polar surface area (TPSA) is 65.1 Å². The molecule has 110 valence electrons. The van der Waals surface area contributed by atoms with Crippen molar-refractivity contribution in [3.05, 3.63) is 28.8 Å². The van der Waals surface area contributed by atoms with E-state index in [9.17, 15) is 0 Å². The highest BCUT2D eigenvalue weighted by atomic mass is 35.5. The summed E-state index contributed by atoms with van der Waals surface area (Å²) in [7, 11) is 2.01. The normalized spacial score (nSPS) is 16.6. The molecule has 1 saturated heterocycles. The third kappa shape index (κ3) is 3.55. The van der Waals surface area contributed by atoms with Gasteiger partial charge >= 0.3 is 0 Å². The molecule has 1 fully saturated rings. The molecule has 0 saturated carbocycles. The molecule has 0 radical (unpaired) electrons. The molecule has 1 aliphatic heterocycles. The monoisotopic (exact) mass is 296 g/mol. The van der Waals surface area contributed by atoms with Crippen molar-refractivity contribution in [1.82, 2.24) is 4.90 Å². The maximum Gasteiger partial charge on any atom is 0.172 e. The van der Waals surface area contributed by atoms with Gasteiger partial charge < -0.3 is 20.7 Å². The molecule has 0 amide bonds. The first-order valence-corrected chi connectivity index (χ1v) is 7.20. The number of anilines is 1. The second-order valence-corrected chi connectivity index (χ2v) is 5.55. The van der Waals surface area contributed by atoms with E-state index in [0.717, 1.165) is 18.8 Å². The second-order valence-electron chi connectivity index (χ2n) is 5.12. The molecule has 0 aliphatic carbocycles. The zero-order valence-corrected chi connectivity index (χ0v) is 12.5. The SMILES string of the molecule is CN(CCN1CCCC1)c1ccc(Cl)cc1C(N)=NO. The van der Waals surface area contributed by atoms with E-state index in [-0.39, 0.29) is 5.84 Å². The summed E-state index contributed by atoms with van der Waals surface area (Å²) in [4.78, 5) is 4.57. The van der Waals surface area contributed by atoms with Crippen LogP contribution in [0, 0.1) is 0 Å². The summed E-state index contributed by atoms with van der Waals surface area (Å²) in [6.07, 6.45) is 2.58. The van der Waals surface area contributed by atoms with Crippen LogP contribution >= 0.6 is 11.6 Å². The fraction of sp³-hybridized carbons (Fsp3) is 0.500. The molecular formula is C14H21ClN4O. The van der Waals surface area contributed by atoms with Crippen LogP contribution in [0.4, 0.5) is 5.69 Å². The van der Waals surface area contributed by atoms with Crippen molar-refractivity contribution in [2.75, 3.05) is 38.1 Å². The molecular weight excluding hydrogens is 276 g/mol. The molecule has 5 nitrogen and oxygen atoms in total. The van der Waals surface area contributed by atoms with E-state index >= 15 is 0 Å². The lowest BCUT2D eigenvalue weighted by atomic mass is 10.1. The number of oxime groups is 1. The number of likely N-dealkylation sites (tertiary alicyclic amines) is 1. The van der Waals surface area contributed by atoms with Gasteiger partial charge in [-0.05, 0) is 44.1 Å². The summed E-state index contributed by atoms with van der Waals surface area (Å²) in [6.45, 7) is 4.28.